The third-order valence-electron chi connectivity index (χ3n) is 3.68. The number of para-hydroxylation sites is 1. The van der Waals surface area contributed by atoms with E-state index in [0.29, 0.717) is 12.2 Å². The largest absolute Gasteiger partial charge is 0.345 e. The van der Waals surface area contributed by atoms with E-state index < -0.39 is 0 Å². The van der Waals surface area contributed by atoms with Crippen molar-refractivity contribution in [2.45, 2.75) is 27.3 Å². The Morgan fingerprint density at radius 1 is 1.09 bits per heavy atom. The first-order valence-electron chi connectivity index (χ1n) is 7.08. The summed E-state index contributed by atoms with van der Waals surface area (Å²) in [5.41, 5.74) is 4.62. The van der Waals surface area contributed by atoms with Gasteiger partial charge in [0.05, 0.1) is 34.8 Å². The average molecular weight is 295 g/mol. The van der Waals surface area contributed by atoms with E-state index in [9.17, 15) is 4.79 Å². The molecule has 0 aliphatic heterocycles. The van der Waals surface area contributed by atoms with Crippen molar-refractivity contribution in [1.82, 2.24) is 25.5 Å². The van der Waals surface area contributed by atoms with Crippen LogP contribution < -0.4 is 5.32 Å². The smallest absolute Gasteiger partial charge is 0.272 e. The van der Waals surface area contributed by atoms with Gasteiger partial charge in [0.25, 0.3) is 5.91 Å². The number of aryl methyl sites for hydroxylation is 3. The van der Waals surface area contributed by atoms with Crippen molar-refractivity contribution in [3.05, 3.63) is 52.7 Å². The number of carbonyl (C=O) groups is 1. The number of amides is 1. The first-order chi connectivity index (χ1) is 10.6. The molecule has 112 valence electrons. The molecule has 0 aliphatic carbocycles. The number of aromatic nitrogens is 4. The van der Waals surface area contributed by atoms with E-state index in [1.54, 1.807) is 0 Å². The van der Waals surface area contributed by atoms with Crippen LogP contribution in [0.3, 0.4) is 0 Å². The Hall–Kier alpha value is -2.76. The fourth-order valence-corrected chi connectivity index (χ4v) is 2.31. The van der Waals surface area contributed by atoms with Crippen molar-refractivity contribution >= 4 is 16.8 Å². The third kappa shape index (κ3) is 2.55. The number of rotatable bonds is 3. The summed E-state index contributed by atoms with van der Waals surface area (Å²) in [6, 6.07) is 7.54. The fraction of sp³-hybridized carbons (Fsp3) is 0.250. The summed E-state index contributed by atoms with van der Waals surface area (Å²) in [5.74, 6) is -0.225. The summed E-state index contributed by atoms with van der Waals surface area (Å²) < 4.78 is 0. The van der Waals surface area contributed by atoms with Crippen LogP contribution in [0.15, 0.2) is 24.3 Å². The van der Waals surface area contributed by atoms with Crippen LogP contribution in [0.4, 0.5) is 0 Å². The van der Waals surface area contributed by atoms with Crippen LogP contribution in [0.25, 0.3) is 10.9 Å². The quantitative estimate of drug-likeness (QED) is 0.776. The van der Waals surface area contributed by atoms with Crippen molar-refractivity contribution in [2.75, 3.05) is 0 Å². The number of fused-ring (bicyclic) bond motifs is 1. The van der Waals surface area contributed by atoms with Crippen LogP contribution in [0.2, 0.25) is 0 Å². The molecule has 0 radical (unpaired) electrons. The summed E-state index contributed by atoms with van der Waals surface area (Å²) in [6.07, 6.45) is 0. The SMILES string of the molecule is Cc1nc(C)c(CNC(=O)c2n[nH]c3ccccc23)nc1C. The van der Waals surface area contributed by atoms with Gasteiger partial charge in [-0.15, -0.1) is 0 Å². The monoisotopic (exact) mass is 295 g/mol. The standard InChI is InChI=1S/C16H17N5O/c1-9-10(2)19-14(11(3)18-9)8-17-16(22)15-12-6-4-5-7-13(12)20-21-15/h4-7H,8H2,1-3H3,(H,17,22)(H,20,21). The molecule has 3 rings (SSSR count). The summed E-state index contributed by atoms with van der Waals surface area (Å²) in [4.78, 5) is 21.2. The first-order valence-corrected chi connectivity index (χ1v) is 7.08. The van der Waals surface area contributed by atoms with Crippen LogP contribution in [-0.4, -0.2) is 26.1 Å². The summed E-state index contributed by atoms with van der Waals surface area (Å²) in [6.45, 7) is 6.06. The molecule has 0 saturated heterocycles. The molecule has 6 nitrogen and oxygen atoms in total. The third-order valence-corrected chi connectivity index (χ3v) is 3.68. The number of aromatic amines is 1. The lowest BCUT2D eigenvalue weighted by molar-refractivity contribution is 0.0947. The Morgan fingerprint density at radius 3 is 2.64 bits per heavy atom. The van der Waals surface area contributed by atoms with Gasteiger partial charge in [-0.3, -0.25) is 19.9 Å². The van der Waals surface area contributed by atoms with Gasteiger partial charge in [0, 0.05) is 5.39 Å². The van der Waals surface area contributed by atoms with Gasteiger partial charge in [0.1, 0.15) is 0 Å². The molecule has 0 spiro atoms. The normalized spacial score (nSPS) is 10.9. The molecule has 0 fully saturated rings. The minimum absolute atomic E-state index is 0.225. The van der Waals surface area contributed by atoms with Crippen molar-refractivity contribution < 1.29 is 4.79 Å². The lowest BCUT2D eigenvalue weighted by atomic mass is 10.2. The zero-order valence-electron chi connectivity index (χ0n) is 12.8. The molecule has 0 saturated carbocycles. The highest BCUT2D eigenvalue weighted by molar-refractivity contribution is 6.04. The second kappa shape index (κ2) is 5.55. The zero-order valence-corrected chi connectivity index (χ0v) is 12.8. The van der Waals surface area contributed by atoms with Crippen molar-refractivity contribution in [3.63, 3.8) is 0 Å². The fourth-order valence-electron chi connectivity index (χ4n) is 2.31. The number of benzene rings is 1. The highest BCUT2D eigenvalue weighted by Gasteiger charge is 2.14. The number of hydrogen-bond donors (Lipinski definition) is 2. The van der Waals surface area contributed by atoms with E-state index in [1.165, 1.54) is 0 Å². The molecule has 0 bridgehead atoms. The van der Waals surface area contributed by atoms with Gasteiger partial charge in [0.15, 0.2) is 5.69 Å². The van der Waals surface area contributed by atoms with Crippen LogP contribution in [0.1, 0.15) is 33.3 Å². The first kappa shape index (κ1) is 14.2. The van der Waals surface area contributed by atoms with E-state index in [-0.39, 0.29) is 5.91 Å². The van der Waals surface area contributed by atoms with Gasteiger partial charge in [-0.1, -0.05) is 18.2 Å². The highest BCUT2D eigenvalue weighted by atomic mass is 16.1. The number of nitrogens with one attached hydrogen (secondary N) is 2. The average Bonchev–Trinajstić information content (AvgIpc) is 2.93. The molecule has 6 heteroatoms. The van der Waals surface area contributed by atoms with Crippen LogP contribution in [0.5, 0.6) is 0 Å². The Labute approximate surface area is 128 Å². The van der Waals surface area contributed by atoms with Crippen molar-refractivity contribution in [1.29, 1.82) is 0 Å². The van der Waals surface area contributed by atoms with Gasteiger partial charge in [-0.05, 0) is 26.8 Å². The lowest BCUT2D eigenvalue weighted by Crippen LogP contribution is -2.25. The molecule has 3 aromatic rings. The van der Waals surface area contributed by atoms with E-state index in [4.69, 9.17) is 0 Å². The van der Waals surface area contributed by atoms with Crippen molar-refractivity contribution in [2.24, 2.45) is 0 Å². The van der Waals surface area contributed by atoms with Crippen LogP contribution in [-0.2, 0) is 6.54 Å². The van der Waals surface area contributed by atoms with Gasteiger partial charge < -0.3 is 5.32 Å². The minimum Gasteiger partial charge on any atom is -0.345 e. The molecule has 2 N–H and O–H groups in total. The number of hydrogen-bond acceptors (Lipinski definition) is 4. The highest BCUT2D eigenvalue weighted by Crippen LogP contribution is 2.15. The van der Waals surface area contributed by atoms with Crippen LogP contribution >= 0.6 is 0 Å². The van der Waals surface area contributed by atoms with Gasteiger partial charge in [-0.2, -0.15) is 5.10 Å². The van der Waals surface area contributed by atoms with Gasteiger partial charge >= 0.3 is 0 Å². The number of carbonyl (C=O) groups excluding carboxylic acids is 1. The molecule has 2 aromatic heterocycles. The lowest BCUT2D eigenvalue weighted by Gasteiger charge is -2.08. The second-order valence-electron chi connectivity index (χ2n) is 5.23. The Balaban J connectivity index is 1.79. The van der Waals surface area contributed by atoms with Gasteiger partial charge in [-0.25, -0.2) is 0 Å². The molecular formula is C16H17N5O. The Kier molecular flexibility index (Phi) is 3.58. The second-order valence-corrected chi connectivity index (χ2v) is 5.23. The summed E-state index contributed by atoms with van der Waals surface area (Å²) >= 11 is 0. The molecule has 2 heterocycles. The van der Waals surface area contributed by atoms with Crippen LogP contribution in [0, 0.1) is 20.8 Å². The summed E-state index contributed by atoms with van der Waals surface area (Å²) in [7, 11) is 0. The Morgan fingerprint density at radius 2 is 1.82 bits per heavy atom. The molecule has 0 atom stereocenters. The molecule has 0 unspecified atom stereocenters. The van der Waals surface area contributed by atoms with Crippen molar-refractivity contribution in [3.8, 4) is 0 Å². The maximum Gasteiger partial charge on any atom is 0.272 e. The molecule has 0 aliphatic rings. The van der Waals surface area contributed by atoms with E-state index in [0.717, 1.165) is 33.7 Å². The maximum atomic E-state index is 12.3. The molecule has 1 amide bonds. The minimum atomic E-state index is -0.225. The van der Waals surface area contributed by atoms with E-state index in [1.807, 2.05) is 45.0 Å². The Bertz CT molecular complexity index is 853. The number of H-pyrrole nitrogens is 1. The predicted molar refractivity (Wildman–Crippen MR) is 83.5 cm³/mol. The van der Waals surface area contributed by atoms with Gasteiger partial charge in [0.2, 0.25) is 0 Å². The number of nitrogens with zero attached hydrogens (tertiary/aromatic N) is 3. The summed E-state index contributed by atoms with van der Waals surface area (Å²) in [5, 5.41) is 10.6. The molecule has 22 heavy (non-hydrogen) atoms. The molecular weight excluding hydrogens is 278 g/mol. The van der Waals surface area contributed by atoms with E-state index in [2.05, 4.69) is 25.5 Å². The topological polar surface area (TPSA) is 83.6 Å². The molecule has 1 aromatic carbocycles. The maximum absolute atomic E-state index is 12.3. The predicted octanol–water partition coefficient (Wildman–Crippen LogP) is 2.21. The zero-order chi connectivity index (χ0) is 15.7. The van der Waals surface area contributed by atoms with E-state index >= 15 is 0 Å².